The van der Waals surface area contributed by atoms with E-state index in [1.807, 2.05) is 28.8 Å². The molecule has 18 heavy (non-hydrogen) atoms. The molecule has 1 saturated heterocycles. The summed E-state index contributed by atoms with van der Waals surface area (Å²) in [6.45, 7) is 2.43. The first-order valence-electron chi connectivity index (χ1n) is 6.37. The van der Waals surface area contributed by atoms with Crippen LogP contribution in [0.5, 0.6) is 0 Å². The van der Waals surface area contributed by atoms with Crippen molar-refractivity contribution in [2.24, 2.45) is 5.92 Å². The molecule has 0 aliphatic carbocycles. The molecular formula is C14H16N2O2. The third-order valence-corrected chi connectivity index (χ3v) is 3.54. The van der Waals surface area contributed by atoms with E-state index in [1.54, 1.807) is 0 Å². The average Bonchev–Trinajstić information content (AvgIpc) is 2.91. The second-order valence-electron chi connectivity index (χ2n) is 4.76. The zero-order valence-electron chi connectivity index (χ0n) is 10.2. The molecule has 1 atom stereocenters. The van der Waals surface area contributed by atoms with Gasteiger partial charge in [0.2, 0.25) is 0 Å². The maximum absolute atomic E-state index is 11.9. The Hall–Kier alpha value is -1.68. The van der Waals surface area contributed by atoms with Crippen molar-refractivity contribution < 1.29 is 4.74 Å². The number of ether oxygens (including phenoxy) is 1. The summed E-state index contributed by atoms with van der Waals surface area (Å²) in [6, 6.07) is 7.77. The first kappa shape index (κ1) is 11.4. The summed E-state index contributed by atoms with van der Waals surface area (Å²) in [5.74, 6) is 0.587. The summed E-state index contributed by atoms with van der Waals surface area (Å²) >= 11 is 0. The summed E-state index contributed by atoms with van der Waals surface area (Å²) in [4.78, 5) is 16.1. The third-order valence-electron chi connectivity index (χ3n) is 3.54. The Bertz CT molecular complexity index is 600. The highest BCUT2D eigenvalue weighted by Gasteiger charge is 2.16. The maximum atomic E-state index is 11.9. The summed E-state index contributed by atoms with van der Waals surface area (Å²) in [6.07, 6.45) is 3.51. The van der Waals surface area contributed by atoms with Crippen LogP contribution in [0.4, 0.5) is 0 Å². The van der Waals surface area contributed by atoms with Crippen molar-refractivity contribution in [2.45, 2.75) is 19.4 Å². The van der Waals surface area contributed by atoms with Crippen molar-refractivity contribution in [3.05, 3.63) is 40.8 Å². The maximum Gasteiger partial charge on any atom is 0.269 e. The van der Waals surface area contributed by atoms with E-state index >= 15 is 0 Å². The Morgan fingerprint density at radius 3 is 3.11 bits per heavy atom. The second-order valence-corrected chi connectivity index (χ2v) is 4.76. The van der Waals surface area contributed by atoms with Gasteiger partial charge < -0.3 is 9.30 Å². The lowest BCUT2D eigenvalue weighted by atomic mass is 10.1. The van der Waals surface area contributed by atoms with Gasteiger partial charge in [-0.1, -0.05) is 12.1 Å². The minimum atomic E-state index is -0.0207. The number of aryl methyl sites for hydroxylation is 1. The fraction of sp³-hybridized carbons (Fsp3) is 0.429. The van der Waals surface area contributed by atoms with E-state index in [0.717, 1.165) is 43.6 Å². The molecule has 1 unspecified atom stereocenters. The van der Waals surface area contributed by atoms with Crippen molar-refractivity contribution in [3.8, 4) is 0 Å². The van der Waals surface area contributed by atoms with E-state index in [1.165, 1.54) is 6.20 Å². The SMILES string of the molecule is O=c1cnc2ccccc2n1CCC1CCOC1. The molecule has 0 N–H and O–H groups in total. The zero-order chi connectivity index (χ0) is 12.4. The molecule has 2 aromatic rings. The lowest BCUT2D eigenvalue weighted by molar-refractivity contribution is 0.183. The minimum Gasteiger partial charge on any atom is -0.381 e. The Morgan fingerprint density at radius 1 is 1.39 bits per heavy atom. The fourth-order valence-corrected chi connectivity index (χ4v) is 2.47. The van der Waals surface area contributed by atoms with Crippen molar-refractivity contribution in [3.63, 3.8) is 0 Å². The Labute approximate surface area is 105 Å². The topological polar surface area (TPSA) is 44.1 Å². The molecule has 1 aliphatic rings. The lowest BCUT2D eigenvalue weighted by Crippen LogP contribution is -2.22. The minimum absolute atomic E-state index is 0.0207. The number of benzene rings is 1. The van der Waals surface area contributed by atoms with Crippen molar-refractivity contribution >= 4 is 11.0 Å². The summed E-state index contributed by atoms with van der Waals surface area (Å²) in [5.41, 5.74) is 1.77. The van der Waals surface area contributed by atoms with Crippen LogP contribution in [0.15, 0.2) is 35.3 Å². The molecule has 0 saturated carbocycles. The molecule has 0 spiro atoms. The number of hydrogen-bond donors (Lipinski definition) is 0. The number of nitrogens with zero attached hydrogens (tertiary/aromatic N) is 2. The van der Waals surface area contributed by atoms with Crippen LogP contribution in [-0.2, 0) is 11.3 Å². The molecule has 4 nitrogen and oxygen atoms in total. The highest BCUT2D eigenvalue weighted by molar-refractivity contribution is 5.74. The predicted molar refractivity (Wildman–Crippen MR) is 69.5 cm³/mol. The molecule has 1 aromatic heterocycles. The van der Waals surface area contributed by atoms with Crippen molar-refractivity contribution in [2.75, 3.05) is 13.2 Å². The molecule has 4 heteroatoms. The summed E-state index contributed by atoms with van der Waals surface area (Å²) in [5, 5.41) is 0. The van der Waals surface area contributed by atoms with E-state index in [4.69, 9.17) is 4.74 Å². The Balaban J connectivity index is 1.89. The molecule has 94 valence electrons. The normalized spacial score (nSPS) is 19.4. The number of hydrogen-bond acceptors (Lipinski definition) is 3. The number of para-hydroxylation sites is 2. The number of fused-ring (bicyclic) bond motifs is 1. The van der Waals surface area contributed by atoms with Gasteiger partial charge in [0.15, 0.2) is 0 Å². The largest absolute Gasteiger partial charge is 0.381 e. The summed E-state index contributed by atoms with van der Waals surface area (Å²) in [7, 11) is 0. The smallest absolute Gasteiger partial charge is 0.269 e. The second kappa shape index (κ2) is 4.90. The van der Waals surface area contributed by atoms with Crippen LogP contribution in [0.25, 0.3) is 11.0 Å². The molecule has 0 bridgehead atoms. The Kier molecular flexibility index (Phi) is 3.11. The van der Waals surface area contributed by atoms with Gasteiger partial charge in [-0.3, -0.25) is 4.79 Å². The Morgan fingerprint density at radius 2 is 2.28 bits per heavy atom. The van der Waals surface area contributed by atoms with Gasteiger partial charge in [0, 0.05) is 19.8 Å². The highest BCUT2D eigenvalue weighted by atomic mass is 16.5. The molecular weight excluding hydrogens is 228 g/mol. The van der Waals surface area contributed by atoms with Gasteiger partial charge in [0.1, 0.15) is 0 Å². The van der Waals surface area contributed by atoms with Gasteiger partial charge in [-0.25, -0.2) is 4.98 Å². The van der Waals surface area contributed by atoms with Gasteiger partial charge in [-0.05, 0) is 30.9 Å². The van der Waals surface area contributed by atoms with Crippen molar-refractivity contribution in [1.82, 2.24) is 9.55 Å². The van der Waals surface area contributed by atoms with Crippen LogP contribution in [0.1, 0.15) is 12.8 Å². The molecule has 1 aromatic carbocycles. The van der Waals surface area contributed by atoms with Crippen LogP contribution in [0, 0.1) is 5.92 Å². The van der Waals surface area contributed by atoms with Gasteiger partial charge in [0.25, 0.3) is 5.56 Å². The molecule has 0 amide bonds. The van der Waals surface area contributed by atoms with E-state index < -0.39 is 0 Å². The highest BCUT2D eigenvalue weighted by Crippen LogP contribution is 2.18. The third kappa shape index (κ3) is 2.16. The monoisotopic (exact) mass is 244 g/mol. The van der Waals surface area contributed by atoms with Crippen LogP contribution in [-0.4, -0.2) is 22.8 Å². The molecule has 2 heterocycles. The van der Waals surface area contributed by atoms with Crippen LogP contribution >= 0.6 is 0 Å². The van der Waals surface area contributed by atoms with E-state index in [9.17, 15) is 4.79 Å². The first-order chi connectivity index (χ1) is 8.84. The van der Waals surface area contributed by atoms with E-state index in [2.05, 4.69) is 4.98 Å². The first-order valence-corrected chi connectivity index (χ1v) is 6.37. The van der Waals surface area contributed by atoms with E-state index in [-0.39, 0.29) is 5.56 Å². The number of rotatable bonds is 3. The van der Waals surface area contributed by atoms with Gasteiger partial charge in [-0.2, -0.15) is 0 Å². The molecule has 3 rings (SSSR count). The van der Waals surface area contributed by atoms with Gasteiger partial charge >= 0.3 is 0 Å². The fourth-order valence-electron chi connectivity index (χ4n) is 2.47. The summed E-state index contributed by atoms with van der Waals surface area (Å²) < 4.78 is 7.18. The number of aromatic nitrogens is 2. The predicted octanol–water partition coefficient (Wildman–Crippen LogP) is 1.82. The van der Waals surface area contributed by atoms with Crippen LogP contribution in [0.2, 0.25) is 0 Å². The quantitative estimate of drug-likeness (QED) is 0.827. The standard InChI is InChI=1S/C14H16N2O2/c17-14-9-15-12-3-1-2-4-13(12)16(14)7-5-11-6-8-18-10-11/h1-4,9,11H,5-8,10H2. The van der Waals surface area contributed by atoms with Gasteiger partial charge in [-0.15, -0.1) is 0 Å². The van der Waals surface area contributed by atoms with Crippen LogP contribution < -0.4 is 5.56 Å². The van der Waals surface area contributed by atoms with Crippen molar-refractivity contribution in [1.29, 1.82) is 0 Å². The molecule has 0 radical (unpaired) electrons. The van der Waals surface area contributed by atoms with E-state index in [0.29, 0.717) is 5.92 Å². The van der Waals surface area contributed by atoms with Gasteiger partial charge in [0.05, 0.1) is 17.2 Å². The zero-order valence-corrected chi connectivity index (χ0v) is 10.2. The average molecular weight is 244 g/mol. The molecule has 1 aliphatic heterocycles. The lowest BCUT2D eigenvalue weighted by Gasteiger charge is -2.11. The molecule has 1 fully saturated rings. The van der Waals surface area contributed by atoms with Crippen LogP contribution in [0.3, 0.4) is 0 Å².